The summed E-state index contributed by atoms with van der Waals surface area (Å²) in [6.45, 7) is 0. The minimum atomic E-state index is -3.26. The Balaban J connectivity index is 2.31. The van der Waals surface area contributed by atoms with Crippen LogP contribution in [0.4, 0.5) is 15.8 Å². The monoisotopic (exact) mass is 368 g/mol. The summed E-state index contributed by atoms with van der Waals surface area (Å²) in [5.74, 6) is -0.582. The van der Waals surface area contributed by atoms with Crippen molar-refractivity contribution in [2.45, 2.75) is 4.90 Å². The predicted molar refractivity (Wildman–Crippen MR) is 81.6 cm³/mol. The molecule has 0 saturated heterocycles. The van der Waals surface area contributed by atoms with Crippen molar-refractivity contribution >= 4 is 37.1 Å². The van der Waals surface area contributed by atoms with Gasteiger partial charge in [0.25, 0.3) is 0 Å². The summed E-state index contributed by atoms with van der Waals surface area (Å²) in [4.78, 5) is 0.189. The summed E-state index contributed by atoms with van der Waals surface area (Å²) in [5.41, 5.74) is 0.927. The number of anilines is 2. The molecule has 0 aliphatic rings. The molecule has 0 spiro atoms. The average molecular weight is 369 g/mol. The van der Waals surface area contributed by atoms with Crippen molar-refractivity contribution in [3.63, 3.8) is 0 Å². The minimum Gasteiger partial charge on any atom is -0.353 e. The van der Waals surface area contributed by atoms with Gasteiger partial charge in [0.15, 0.2) is 15.7 Å². The number of hydrogen-bond acceptors (Lipinski definition) is 4. The fourth-order valence-electron chi connectivity index (χ4n) is 1.67. The largest absolute Gasteiger partial charge is 0.353 e. The van der Waals surface area contributed by atoms with Crippen molar-refractivity contribution in [1.29, 1.82) is 5.26 Å². The number of nitrogens with zero attached hydrogens (tertiary/aromatic N) is 1. The summed E-state index contributed by atoms with van der Waals surface area (Å²) in [5, 5.41) is 11.6. The van der Waals surface area contributed by atoms with Crippen LogP contribution in [-0.4, -0.2) is 14.7 Å². The number of nitriles is 1. The number of hydrogen-bond donors (Lipinski definition) is 1. The highest BCUT2D eigenvalue weighted by atomic mass is 79.9. The summed E-state index contributed by atoms with van der Waals surface area (Å²) < 4.78 is 36.8. The zero-order valence-corrected chi connectivity index (χ0v) is 13.3. The number of sulfone groups is 1. The number of benzene rings is 2. The molecule has 0 saturated carbocycles. The molecule has 0 amide bonds. The Kier molecular flexibility index (Phi) is 4.30. The molecular formula is C14H10BrFN2O2S. The maximum atomic E-state index is 14.0. The van der Waals surface area contributed by atoms with Gasteiger partial charge in [-0.2, -0.15) is 5.26 Å². The summed E-state index contributed by atoms with van der Waals surface area (Å²) in [7, 11) is -3.26. The first kappa shape index (κ1) is 15.5. The van der Waals surface area contributed by atoms with E-state index in [-0.39, 0.29) is 20.6 Å². The van der Waals surface area contributed by atoms with E-state index in [0.717, 1.165) is 6.26 Å². The topological polar surface area (TPSA) is 70.0 Å². The molecule has 0 aliphatic carbocycles. The Morgan fingerprint density at radius 1 is 1.19 bits per heavy atom. The standard InChI is InChI=1S/C14H10BrFN2O2S/c1-21(19,20)11-5-3-10(4-6-11)18-12-7-2-9(8-17)13(15)14(12)16/h2-7,18H,1H3. The Morgan fingerprint density at radius 3 is 2.33 bits per heavy atom. The molecule has 4 nitrogen and oxygen atoms in total. The predicted octanol–water partition coefficient (Wildman–Crippen LogP) is 3.61. The second kappa shape index (κ2) is 5.84. The van der Waals surface area contributed by atoms with Crippen molar-refractivity contribution in [3.8, 4) is 6.07 Å². The van der Waals surface area contributed by atoms with E-state index >= 15 is 0 Å². The molecule has 0 radical (unpaired) electrons. The molecule has 1 N–H and O–H groups in total. The van der Waals surface area contributed by atoms with E-state index in [9.17, 15) is 12.8 Å². The van der Waals surface area contributed by atoms with Gasteiger partial charge in [0, 0.05) is 11.9 Å². The number of rotatable bonds is 3. The molecule has 2 aromatic carbocycles. The Bertz CT molecular complexity index is 827. The molecule has 0 fully saturated rings. The first-order valence-electron chi connectivity index (χ1n) is 5.78. The zero-order valence-electron chi connectivity index (χ0n) is 10.9. The fourth-order valence-corrected chi connectivity index (χ4v) is 2.74. The third-order valence-corrected chi connectivity index (χ3v) is 4.67. The van der Waals surface area contributed by atoms with Gasteiger partial charge in [-0.15, -0.1) is 0 Å². The van der Waals surface area contributed by atoms with Crippen LogP contribution in [0, 0.1) is 17.1 Å². The lowest BCUT2D eigenvalue weighted by molar-refractivity contribution is 0.602. The van der Waals surface area contributed by atoms with Crippen molar-refractivity contribution < 1.29 is 12.8 Å². The first-order valence-corrected chi connectivity index (χ1v) is 8.46. The van der Waals surface area contributed by atoms with Crippen LogP contribution in [0.25, 0.3) is 0 Å². The summed E-state index contributed by atoms with van der Waals surface area (Å²) >= 11 is 3.03. The van der Waals surface area contributed by atoms with Gasteiger partial charge >= 0.3 is 0 Å². The van der Waals surface area contributed by atoms with Gasteiger partial charge in [-0.05, 0) is 52.3 Å². The van der Waals surface area contributed by atoms with Crippen molar-refractivity contribution in [2.75, 3.05) is 11.6 Å². The Labute approximate surface area is 130 Å². The third-order valence-electron chi connectivity index (χ3n) is 2.76. The van der Waals surface area contributed by atoms with Gasteiger partial charge in [0.05, 0.1) is 20.6 Å². The van der Waals surface area contributed by atoms with Crippen molar-refractivity contribution in [1.82, 2.24) is 0 Å². The molecule has 2 aromatic rings. The SMILES string of the molecule is CS(=O)(=O)c1ccc(Nc2ccc(C#N)c(Br)c2F)cc1. The molecule has 0 heterocycles. The Hall–Kier alpha value is -1.91. The van der Waals surface area contributed by atoms with Crippen LogP contribution in [0.5, 0.6) is 0 Å². The van der Waals surface area contributed by atoms with Gasteiger partial charge in [-0.1, -0.05) is 0 Å². The fraction of sp³-hybridized carbons (Fsp3) is 0.0714. The van der Waals surface area contributed by atoms with Gasteiger partial charge in [-0.3, -0.25) is 0 Å². The normalized spacial score (nSPS) is 11.0. The van der Waals surface area contributed by atoms with E-state index < -0.39 is 15.7 Å². The highest BCUT2D eigenvalue weighted by molar-refractivity contribution is 9.10. The first-order chi connectivity index (χ1) is 9.82. The highest BCUT2D eigenvalue weighted by Crippen LogP contribution is 2.29. The molecule has 0 bridgehead atoms. The zero-order chi connectivity index (χ0) is 15.6. The van der Waals surface area contributed by atoms with Crippen LogP contribution in [0.1, 0.15) is 5.56 Å². The highest BCUT2D eigenvalue weighted by Gasteiger charge is 2.12. The minimum absolute atomic E-state index is 0.0859. The Morgan fingerprint density at radius 2 is 1.81 bits per heavy atom. The van der Waals surface area contributed by atoms with Gasteiger partial charge in [0.2, 0.25) is 0 Å². The third kappa shape index (κ3) is 3.40. The lowest BCUT2D eigenvalue weighted by atomic mass is 10.2. The lowest BCUT2D eigenvalue weighted by Gasteiger charge is -2.10. The van der Waals surface area contributed by atoms with Gasteiger partial charge < -0.3 is 5.32 Å². The van der Waals surface area contributed by atoms with E-state index in [1.165, 1.54) is 24.3 Å². The molecule has 21 heavy (non-hydrogen) atoms. The van der Waals surface area contributed by atoms with E-state index in [0.29, 0.717) is 5.69 Å². The van der Waals surface area contributed by atoms with Crippen LogP contribution in [-0.2, 0) is 9.84 Å². The molecule has 0 aromatic heterocycles. The van der Waals surface area contributed by atoms with Gasteiger partial charge in [-0.25, -0.2) is 12.8 Å². The van der Waals surface area contributed by atoms with Crippen LogP contribution in [0.15, 0.2) is 45.8 Å². The maximum Gasteiger partial charge on any atom is 0.175 e. The van der Waals surface area contributed by atoms with E-state index in [2.05, 4.69) is 21.2 Å². The summed E-state index contributed by atoms with van der Waals surface area (Å²) in [6, 6.07) is 10.8. The van der Waals surface area contributed by atoms with Crippen LogP contribution < -0.4 is 5.32 Å². The van der Waals surface area contributed by atoms with Crippen LogP contribution in [0.3, 0.4) is 0 Å². The van der Waals surface area contributed by atoms with E-state index in [4.69, 9.17) is 5.26 Å². The quantitative estimate of drug-likeness (QED) is 0.898. The average Bonchev–Trinajstić information content (AvgIpc) is 2.44. The lowest BCUT2D eigenvalue weighted by Crippen LogP contribution is -1.99. The second-order valence-corrected chi connectivity index (χ2v) is 7.13. The van der Waals surface area contributed by atoms with Crippen molar-refractivity contribution in [2.24, 2.45) is 0 Å². The van der Waals surface area contributed by atoms with Crippen LogP contribution in [0.2, 0.25) is 0 Å². The van der Waals surface area contributed by atoms with Crippen molar-refractivity contribution in [3.05, 3.63) is 52.3 Å². The molecular weight excluding hydrogens is 359 g/mol. The second-order valence-electron chi connectivity index (χ2n) is 4.32. The molecule has 7 heteroatoms. The number of nitrogens with one attached hydrogen (secondary N) is 1. The maximum absolute atomic E-state index is 14.0. The van der Waals surface area contributed by atoms with Crippen LogP contribution >= 0.6 is 15.9 Å². The molecule has 108 valence electrons. The van der Waals surface area contributed by atoms with E-state index in [1.807, 2.05) is 6.07 Å². The molecule has 0 atom stereocenters. The number of halogens is 2. The van der Waals surface area contributed by atoms with Gasteiger partial charge in [0.1, 0.15) is 6.07 Å². The molecule has 0 unspecified atom stereocenters. The smallest absolute Gasteiger partial charge is 0.175 e. The van der Waals surface area contributed by atoms with E-state index in [1.54, 1.807) is 12.1 Å². The molecule has 2 rings (SSSR count). The summed E-state index contributed by atoms with van der Waals surface area (Å²) in [6.07, 6.45) is 1.12. The molecule has 0 aliphatic heterocycles.